The molecule has 2 aromatic rings. The van der Waals surface area contributed by atoms with Crippen LogP contribution in [0.1, 0.15) is 36.5 Å². The standard InChI is InChI=1S/C23H25N3O6/c24-16-17-6-10-19(11-7-17)25-23(29)32-21(4-2-1-3-5-22(28)26-30)18-8-12-20(13-9-18)31-15-14-27/h3,5-13,21,27,30H,1-2,4,14-15H2,(H,25,29)(H,26,28)/b5-3+/t21-/m0/s1. The lowest BCUT2D eigenvalue weighted by Crippen LogP contribution is -2.17. The summed E-state index contributed by atoms with van der Waals surface area (Å²) < 4.78 is 11.0. The first-order chi connectivity index (χ1) is 15.5. The number of carbonyl (C=O) groups excluding carboxylic acids is 2. The Morgan fingerprint density at radius 1 is 1.12 bits per heavy atom. The maximum absolute atomic E-state index is 12.4. The average Bonchev–Trinajstić information content (AvgIpc) is 2.82. The Kier molecular flexibility index (Phi) is 10.2. The maximum Gasteiger partial charge on any atom is 0.412 e. The van der Waals surface area contributed by atoms with Gasteiger partial charge in [-0.1, -0.05) is 18.2 Å². The SMILES string of the molecule is N#Cc1ccc(NC(=O)O[C@@H](CCC/C=C/C(=O)NO)c2ccc(OCCO)cc2)cc1. The summed E-state index contributed by atoms with van der Waals surface area (Å²) in [5.41, 5.74) is 3.25. The van der Waals surface area contributed by atoms with Crippen LogP contribution in [-0.2, 0) is 9.53 Å². The van der Waals surface area contributed by atoms with E-state index in [4.69, 9.17) is 25.0 Å². The van der Waals surface area contributed by atoms with E-state index in [9.17, 15) is 9.59 Å². The van der Waals surface area contributed by atoms with Crippen molar-refractivity contribution in [1.29, 1.82) is 5.26 Å². The van der Waals surface area contributed by atoms with Crippen molar-refractivity contribution in [2.45, 2.75) is 25.4 Å². The van der Waals surface area contributed by atoms with Gasteiger partial charge in [-0.05, 0) is 61.2 Å². The van der Waals surface area contributed by atoms with Crippen molar-refractivity contribution in [3.05, 3.63) is 71.8 Å². The number of carbonyl (C=O) groups is 2. The van der Waals surface area contributed by atoms with Gasteiger partial charge < -0.3 is 14.6 Å². The summed E-state index contributed by atoms with van der Waals surface area (Å²) in [7, 11) is 0. The summed E-state index contributed by atoms with van der Waals surface area (Å²) in [4.78, 5) is 23.5. The Morgan fingerprint density at radius 3 is 2.47 bits per heavy atom. The fraction of sp³-hybridized carbons (Fsp3) is 0.261. The Hall–Kier alpha value is -3.87. The number of allylic oxidation sites excluding steroid dienone is 1. The van der Waals surface area contributed by atoms with Gasteiger partial charge >= 0.3 is 6.09 Å². The van der Waals surface area contributed by atoms with Gasteiger partial charge in [-0.3, -0.25) is 15.3 Å². The summed E-state index contributed by atoms with van der Waals surface area (Å²) in [6, 6.07) is 15.4. The third-order valence-corrected chi connectivity index (χ3v) is 4.34. The molecule has 2 rings (SSSR count). The number of aliphatic hydroxyl groups is 1. The molecule has 2 amide bonds. The van der Waals surface area contributed by atoms with E-state index in [0.717, 1.165) is 5.56 Å². The van der Waals surface area contributed by atoms with E-state index in [-0.39, 0.29) is 13.2 Å². The monoisotopic (exact) mass is 439 g/mol. The van der Waals surface area contributed by atoms with Crippen LogP contribution in [0.2, 0.25) is 0 Å². The van der Waals surface area contributed by atoms with Crippen LogP contribution in [0.25, 0.3) is 0 Å². The number of amides is 2. The van der Waals surface area contributed by atoms with E-state index in [1.54, 1.807) is 54.6 Å². The van der Waals surface area contributed by atoms with Crippen LogP contribution in [0.3, 0.4) is 0 Å². The van der Waals surface area contributed by atoms with Crippen LogP contribution in [0.4, 0.5) is 10.5 Å². The number of nitriles is 1. The highest BCUT2D eigenvalue weighted by atomic mass is 16.6. The van der Waals surface area contributed by atoms with Gasteiger partial charge in [-0.15, -0.1) is 0 Å². The highest BCUT2D eigenvalue weighted by molar-refractivity contribution is 5.86. The zero-order chi connectivity index (χ0) is 23.2. The summed E-state index contributed by atoms with van der Waals surface area (Å²) in [5.74, 6) is -0.0282. The second-order valence-electron chi connectivity index (χ2n) is 6.66. The zero-order valence-electron chi connectivity index (χ0n) is 17.4. The number of benzene rings is 2. The number of rotatable bonds is 11. The minimum absolute atomic E-state index is 0.0924. The molecule has 0 radical (unpaired) electrons. The number of aliphatic hydroxyl groups excluding tert-OH is 1. The molecule has 0 unspecified atom stereocenters. The first kappa shape index (κ1) is 24.4. The Morgan fingerprint density at radius 2 is 1.84 bits per heavy atom. The van der Waals surface area contributed by atoms with Crippen LogP contribution >= 0.6 is 0 Å². The number of hydroxylamine groups is 1. The minimum atomic E-state index is -0.643. The second kappa shape index (κ2) is 13.4. The van der Waals surface area contributed by atoms with Gasteiger partial charge in [0, 0.05) is 11.8 Å². The van der Waals surface area contributed by atoms with Crippen LogP contribution in [0, 0.1) is 11.3 Å². The molecule has 0 aliphatic heterocycles. The number of hydrogen-bond donors (Lipinski definition) is 4. The minimum Gasteiger partial charge on any atom is -0.491 e. The maximum atomic E-state index is 12.4. The molecule has 0 aromatic heterocycles. The zero-order valence-corrected chi connectivity index (χ0v) is 17.4. The number of unbranched alkanes of at least 4 members (excludes halogenated alkanes) is 1. The Balaban J connectivity index is 2.03. The van der Waals surface area contributed by atoms with Gasteiger partial charge in [0.25, 0.3) is 5.91 Å². The number of ether oxygens (including phenoxy) is 2. The van der Waals surface area contributed by atoms with E-state index in [0.29, 0.717) is 36.3 Å². The third kappa shape index (κ3) is 8.47. The lowest BCUT2D eigenvalue weighted by molar-refractivity contribution is -0.124. The summed E-state index contributed by atoms with van der Waals surface area (Å²) in [5, 5.41) is 28.9. The quantitative estimate of drug-likeness (QED) is 0.182. The summed E-state index contributed by atoms with van der Waals surface area (Å²) in [6.07, 6.45) is 3.29. The van der Waals surface area contributed by atoms with Gasteiger partial charge in [0.2, 0.25) is 0 Å². The molecule has 0 saturated heterocycles. The average molecular weight is 439 g/mol. The van der Waals surface area contributed by atoms with Crippen LogP contribution in [-0.4, -0.2) is 35.5 Å². The van der Waals surface area contributed by atoms with E-state index in [1.165, 1.54) is 11.6 Å². The summed E-state index contributed by atoms with van der Waals surface area (Å²) >= 11 is 0. The Bertz CT molecular complexity index is 936. The Labute approximate surface area is 185 Å². The molecular weight excluding hydrogens is 414 g/mol. The van der Waals surface area contributed by atoms with E-state index >= 15 is 0 Å². The van der Waals surface area contributed by atoms with Gasteiger partial charge in [-0.25, -0.2) is 10.3 Å². The molecule has 0 bridgehead atoms. The van der Waals surface area contributed by atoms with Crippen molar-refractivity contribution >= 4 is 17.7 Å². The molecule has 0 aliphatic rings. The van der Waals surface area contributed by atoms with Gasteiger partial charge in [0.05, 0.1) is 18.2 Å². The van der Waals surface area contributed by atoms with Crippen molar-refractivity contribution in [3.8, 4) is 11.8 Å². The molecule has 0 aliphatic carbocycles. The summed E-state index contributed by atoms with van der Waals surface area (Å²) in [6.45, 7) is 0.0881. The molecule has 9 heteroatoms. The van der Waals surface area contributed by atoms with Crippen LogP contribution < -0.4 is 15.5 Å². The molecule has 2 aromatic carbocycles. The van der Waals surface area contributed by atoms with Crippen molar-refractivity contribution in [2.75, 3.05) is 18.5 Å². The molecule has 0 fully saturated rings. The number of nitrogens with zero attached hydrogens (tertiary/aromatic N) is 1. The van der Waals surface area contributed by atoms with Crippen LogP contribution in [0.5, 0.6) is 5.75 Å². The first-order valence-electron chi connectivity index (χ1n) is 9.97. The van der Waals surface area contributed by atoms with E-state index in [1.807, 2.05) is 6.07 Å². The smallest absolute Gasteiger partial charge is 0.412 e. The normalized spacial score (nSPS) is 11.4. The molecule has 9 nitrogen and oxygen atoms in total. The number of hydrogen-bond acceptors (Lipinski definition) is 7. The number of nitrogens with one attached hydrogen (secondary N) is 2. The molecule has 168 valence electrons. The molecule has 1 atom stereocenters. The predicted molar refractivity (Wildman–Crippen MR) is 116 cm³/mol. The number of anilines is 1. The molecule has 0 heterocycles. The highest BCUT2D eigenvalue weighted by Crippen LogP contribution is 2.26. The fourth-order valence-corrected chi connectivity index (χ4v) is 2.79. The molecular formula is C23H25N3O6. The van der Waals surface area contributed by atoms with Crippen molar-refractivity contribution < 1.29 is 29.4 Å². The lowest BCUT2D eigenvalue weighted by atomic mass is 10.0. The van der Waals surface area contributed by atoms with Crippen molar-refractivity contribution in [2.24, 2.45) is 0 Å². The van der Waals surface area contributed by atoms with Gasteiger partial charge in [0.1, 0.15) is 18.5 Å². The van der Waals surface area contributed by atoms with Gasteiger partial charge in [0.15, 0.2) is 0 Å². The third-order valence-electron chi connectivity index (χ3n) is 4.34. The molecule has 0 spiro atoms. The molecule has 0 saturated carbocycles. The van der Waals surface area contributed by atoms with Crippen LogP contribution in [0.15, 0.2) is 60.7 Å². The predicted octanol–water partition coefficient (Wildman–Crippen LogP) is 3.45. The fourth-order valence-electron chi connectivity index (χ4n) is 2.79. The van der Waals surface area contributed by atoms with Crippen molar-refractivity contribution in [3.63, 3.8) is 0 Å². The van der Waals surface area contributed by atoms with Gasteiger partial charge in [-0.2, -0.15) is 5.26 Å². The topological polar surface area (TPSA) is 141 Å². The van der Waals surface area contributed by atoms with Crippen molar-refractivity contribution in [1.82, 2.24) is 5.48 Å². The highest BCUT2D eigenvalue weighted by Gasteiger charge is 2.17. The second-order valence-corrected chi connectivity index (χ2v) is 6.66. The first-order valence-corrected chi connectivity index (χ1v) is 9.97. The van der Waals surface area contributed by atoms with E-state index in [2.05, 4.69) is 5.32 Å². The largest absolute Gasteiger partial charge is 0.491 e. The molecule has 4 N–H and O–H groups in total. The van der Waals surface area contributed by atoms with E-state index < -0.39 is 18.1 Å². The lowest BCUT2D eigenvalue weighted by Gasteiger charge is -2.19. The molecule has 32 heavy (non-hydrogen) atoms.